The van der Waals surface area contributed by atoms with Crippen molar-refractivity contribution in [2.75, 3.05) is 13.7 Å². The highest BCUT2D eigenvalue weighted by molar-refractivity contribution is 5.75. The van der Waals surface area contributed by atoms with Crippen LogP contribution < -0.4 is 0 Å². The van der Waals surface area contributed by atoms with Gasteiger partial charge in [0.1, 0.15) is 5.78 Å². The van der Waals surface area contributed by atoms with Crippen molar-refractivity contribution in [3.8, 4) is 0 Å². The SMILES string of the molecule is C=C/C=C\C(C)=C(\CCC(C)=O)COC.CCCCC.CCCCCCC.Cc1cccc(C)c1. The standard InChI is InChI=1S/C13H20O2.C8H10.C7H16.C5H12/c1-5-6-7-11(2)13(10-15-4)9-8-12(3)14;1-7-4-3-5-8(2)6-7;1-3-5-7-6-4-2;1-3-5-4-2/h5-7H,1,8-10H2,2-4H3;3-6H,1-2H3;3-7H2,1-2H3;3-5H2,1-2H3/b7-6-,13-11-;;;. The minimum Gasteiger partial charge on any atom is -0.380 e. The summed E-state index contributed by atoms with van der Waals surface area (Å²) in [5.41, 5.74) is 5.00. The lowest BCUT2D eigenvalue weighted by atomic mass is 10.0. The van der Waals surface area contributed by atoms with Crippen LogP contribution in [-0.2, 0) is 9.53 Å². The van der Waals surface area contributed by atoms with Gasteiger partial charge < -0.3 is 9.53 Å². The molecule has 0 unspecified atom stereocenters. The molecule has 1 aromatic carbocycles. The zero-order chi connectivity index (χ0) is 27.3. The van der Waals surface area contributed by atoms with E-state index in [0.717, 1.165) is 12.0 Å². The van der Waals surface area contributed by atoms with Crippen LogP contribution in [0.25, 0.3) is 0 Å². The Morgan fingerprint density at radius 2 is 1.37 bits per heavy atom. The Hall–Kier alpha value is -1.93. The van der Waals surface area contributed by atoms with E-state index in [9.17, 15) is 4.79 Å². The quantitative estimate of drug-likeness (QED) is 0.205. The van der Waals surface area contributed by atoms with Gasteiger partial charge in [0.2, 0.25) is 0 Å². The second kappa shape index (κ2) is 30.1. The van der Waals surface area contributed by atoms with Crippen molar-refractivity contribution in [2.45, 2.75) is 120 Å². The van der Waals surface area contributed by atoms with Gasteiger partial charge in [-0.15, -0.1) is 0 Å². The molecule has 0 saturated heterocycles. The number of Topliss-reactive ketones (excluding diaryl/α,β-unsaturated/α-hetero) is 1. The van der Waals surface area contributed by atoms with E-state index in [1.807, 2.05) is 19.1 Å². The molecule has 0 N–H and O–H groups in total. The lowest BCUT2D eigenvalue weighted by molar-refractivity contribution is -0.117. The number of carbonyl (C=O) groups is 1. The Bertz CT molecular complexity index is 644. The molecule has 2 heteroatoms. The molecule has 0 amide bonds. The van der Waals surface area contributed by atoms with Crippen LogP contribution >= 0.6 is 0 Å². The monoisotopic (exact) mass is 486 g/mol. The van der Waals surface area contributed by atoms with Gasteiger partial charge in [-0.25, -0.2) is 0 Å². The highest BCUT2D eigenvalue weighted by Crippen LogP contribution is 2.13. The number of benzene rings is 1. The molecule has 0 atom stereocenters. The minimum absolute atomic E-state index is 0.212. The summed E-state index contributed by atoms with van der Waals surface area (Å²) in [6, 6.07) is 8.45. The van der Waals surface area contributed by atoms with E-state index in [1.165, 1.54) is 68.1 Å². The van der Waals surface area contributed by atoms with Gasteiger partial charge in [0.25, 0.3) is 0 Å². The molecule has 202 valence electrons. The molecule has 0 aliphatic heterocycles. The van der Waals surface area contributed by atoms with Gasteiger partial charge in [0, 0.05) is 13.5 Å². The van der Waals surface area contributed by atoms with Crippen LogP contribution in [0.15, 0.2) is 60.2 Å². The number of unbranched alkanes of at least 4 members (excludes halogenated alkanes) is 6. The molecule has 0 spiro atoms. The number of allylic oxidation sites excluding steroid dienone is 4. The Balaban J connectivity index is -0.000000430. The summed E-state index contributed by atoms with van der Waals surface area (Å²) in [4.78, 5) is 10.9. The summed E-state index contributed by atoms with van der Waals surface area (Å²) in [5, 5.41) is 0. The lowest BCUT2D eigenvalue weighted by Gasteiger charge is -2.08. The van der Waals surface area contributed by atoms with Crippen LogP contribution in [0, 0.1) is 13.8 Å². The smallest absolute Gasteiger partial charge is 0.130 e. The second-order valence-corrected chi connectivity index (χ2v) is 9.09. The van der Waals surface area contributed by atoms with E-state index in [-0.39, 0.29) is 5.78 Å². The van der Waals surface area contributed by atoms with Crippen molar-refractivity contribution in [3.05, 3.63) is 71.3 Å². The van der Waals surface area contributed by atoms with Crippen LogP contribution in [0.3, 0.4) is 0 Å². The van der Waals surface area contributed by atoms with Crippen LogP contribution in [0.4, 0.5) is 0 Å². The molecule has 35 heavy (non-hydrogen) atoms. The van der Waals surface area contributed by atoms with Crippen molar-refractivity contribution < 1.29 is 9.53 Å². The van der Waals surface area contributed by atoms with Crippen molar-refractivity contribution >= 4 is 5.78 Å². The Kier molecular flexibility index (Phi) is 32.4. The number of hydrogen-bond donors (Lipinski definition) is 0. The van der Waals surface area contributed by atoms with Crippen LogP contribution in [0.1, 0.15) is 117 Å². The van der Waals surface area contributed by atoms with Crippen LogP contribution in [-0.4, -0.2) is 19.5 Å². The van der Waals surface area contributed by atoms with E-state index in [4.69, 9.17) is 4.74 Å². The summed E-state index contributed by atoms with van der Waals surface area (Å²) in [6.45, 7) is 21.0. The lowest BCUT2D eigenvalue weighted by Crippen LogP contribution is -2.00. The molecule has 0 bridgehead atoms. The number of rotatable bonds is 13. The molecule has 1 rings (SSSR count). The Labute approximate surface area is 220 Å². The molecule has 2 nitrogen and oxygen atoms in total. The number of hydrogen-bond acceptors (Lipinski definition) is 2. The van der Waals surface area contributed by atoms with Crippen LogP contribution in [0.2, 0.25) is 0 Å². The van der Waals surface area contributed by atoms with Crippen molar-refractivity contribution in [2.24, 2.45) is 0 Å². The predicted octanol–water partition coefficient (Wildman–Crippen LogP) is 10.5. The topological polar surface area (TPSA) is 26.3 Å². The molecule has 0 saturated carbocycles. The molecule has 1 aromatic rings. The summed E-state index contributed by atoms with van der Waals surface area (Å²) >= 11 is 0. The van der Waals surface area contributed by atoms with E-state index < -0.39 is 0 Å². The average Bonchev–Trinajstić information content (AvgIpc) is 2.82. The third kappa shape index (κ3) is 32.1. The molecule has 0 heterocycles. The van der Waals surface area contributed by atoms with Gasteiger partial charge in [0.05, 0.1) is 6.61 Å². The van der Waals surface area contributed by atoms with Crippen molar-refractivity contribution in [1.29, 1.82) is 0 Å². The van der Waals surface area contributed by atoms with Gasteiger partial charge in [-0.2, -0.15) is 0 Å². The van der Waals surface area contributed by atoms with Gasteiger partial charge >= 0.3 is 0 Å². The maximum absolute atomic E-state index is 10.9. The first-order valence-corrected chi connectivity index (χ1v) is 13.7. The molecular formula is C33H58O2. The fourth-order valence-corrected chi connectivity index (χ4v) is 3.05. The van der Waals surface area contributed by atoms with E-state index in [2.05, 4.69) is 72.4 Å². The van der Waals surface area contributed by atoms with Crippen LogP contribution in [0.5, 0.6) is 0 Å². The zero-order valence-electron chi connectivity index (χ0n) is 24.8. The number of carbonyl (C=O) groups excluding carboxylic acids is 1. The number of ether oxygens (including phenoxy) is 1. The summed E-state index contributed by atoms with van der Waals surface area (Å²) in [7, 11) is 1.66. The van der Waals surface area contributed by atoms with E-state index >= 15 is 0 Å². The summed E-state index contributed by atoms with van der Waals surface area (Å²) < 4.78 is 5.11. The largest absolute Gasteiger partial charge is 0.380 e. The maximum Gasteiger partial charge on any atom is 0.130 e. The summed E-state index contributed by atoms with van der Waals surface area (Å²) in [6.07, 6.45) is 18.1. The first kappa shape index (κ1) is 37.6. The second-order valence-electron chi connectivity index (χ2n) is 9.09. The molecule has 0 aliphatic rings. The molecule has 0 radical (unpaired) electrons. The summed E-state index contributed by atoms with van der Waals surface area (Å²) in [5.74, 6) is 0.212. The Morgan fingerprint density at radius 3 is 1.69 bits per heavy atom. The number of ketones is 1. The third-order valence-electron chi connectivity index (χ3n) is 5.23. The van der Waals surface area contributed by atoms with Crippen molar-refractivity contribution in [3.63, 3.8) is 0 Å². The zero-order valence-corrected chi connectivity index (χ0v) is 24.8. The fraction of sp³-hybridized carbons (Fsp3) is 0.606. The first-order chi connectivity index (χ1) is 16.7. The molecule has 0 aromatic heterocycles. The fourth-order valence-electron chi connectivity index (χ4n) is 3.05. The normalized spacial score (nSPS) is 10.7. The van der Waals surface area contributed by atoms with Gasteiger partial charge in [-0.05, 0) is 45.3 Å². The minimum atomic E-state index is 0.212. The third-order valence-corrected chi connectivity index (χ3v) is 5.23. The average molecular weight is 487 g/mol. The molecular weight excluding hydrogens is 428 g/mol. The predicted molar refractivity (Wildman–Crippen MR) is 159 cm³/mol. The number of methoxy groups -OCH3 is 1. The van der Waals surface area contributed by atoms with Gasteiger partial charge in [-0.1, -0.05) is 139 Å². The van der Waals surface area contributed by atoms with Gasteiger partial charge in [0.15, 0.2) is 0 Å². The van der Waals surface area contributed by atoms with Gasteiger partial charge in [-0.3, -0.25) is 0 Å². The first-order valence-electron chi connectivity index (χ1n) is 13.7. The highest BCUT2D eigenvalue weighted by atomic mass is 16.5. The van der Waals surface area contributed by atoms with E-state index in [0.29, 0.717) is 13.0 Å². The maximum atomic E-state index is 10.9. The molecule has 0 fully saturated rings. The van der Waals surface area contributed by atoms with E-state index in [1.54, 1.807) is 20.1 Å². The highest BCUT2D eigenvalue weighted by Gasteiger charge is 2.02. The van der Waals surface area contributed by atoms with Crippen molar-refractivity contribution in [1.82, 2.24) is 0 Å². The number of aryl methyl sites for hydroxylation is 2. The molecule has 0 aliphatic carbocycles. The Morgan fingerprint density at radius 1 is 0.857 bits per heavy atom.